The molecular weight excluding hydrogens is 340 g/mol. The summed E-state index contributed by atoms with van der Waals surface area (Å²) in [5, 5.41) is 3.01. The first-order valence-electron chi connectivity index (χ1n) is 9.82. The molecule has 27 heavy (non-hydrogen) atoms. The second-order valence-electron chi connectivity index (χ2n) is 7.50. The number of amides is 2. The van der Waals surface area contributed by atoms with E-state index < -0.39 is 0 Å². The normalized spacial score (nSPS) is 19.3. The maximum absolute atomic E-state index is 12.8. The van der Waals surface area contributed by atoms with E-state index in [1.54, 1.807) is 11.1 Å². The first kappa shape index (κ1) is 17.8. The maximum atomic E-state index is 12.8. The Balaban J connectivity index is 1.51. The Morgan fingerprint density at radius 2 is 2.19 bits per heavy atom. The third-order valence-corrected chi connectivity index (χ3v) is 5.69. The van der Waals surface area contributed by atoms with E-state index in [2.05, 4.69) is 27.9 Å². The quantitative estimate of drug-likeness (QED) is 0.904. The monoisotopic (exact) mass is 366 g/mol. The molecule has 6 nitrogen and oxygen atoms in total. The fraction of sp³-hybridized carbons (Fsp3) is 0.476. The fourth-order valence-corrected chi connectivity index (χ4v) is 4.23. The summed E-state index contributed by atoms with van der Waals surface area (Å²) >= 11 is 0. The van der Waals surface area contributed by atoms with Crippen LogP contribution in [0.2, 0.25) is 0 Å². The molecule has 1 N–H and O–H groups in total. The standard InChI is InChI=1S/C21H26N4O2/c1-3-15-8-6-7-14(2)20(15)25-13-16(11-19(25)26)21(27)23-18-12-22-17-9-4-5-10-24(17)18/h6-8,12,16H,3-5,9-11,13H2,1-2H3,(H,23,27)/t16-/m0/s1. The Hall–Kier alpha value is -2.63. The van der Waals surface area contributed by atoms with E-state index in [1.165, 1.54) is 0 Å². The van der Waals surface area contributed by atoms with Crippen LogP contribution in [0.5, 0.6) is 0 Å². The zero-order valence-corrected chi connectivity index (χ0v) is 16.0. The van der Waals surface area contributed by atoms with Crippen molar-refractivity contribution in [2.45, 2.75) is 52.5 Å². The molecule has 1 fully saturated rings. The number of carbonyl (C=O) groups is 2. The summed E-state index contributed by atoms with van der Waals surface area (Å²) in [6.45, 7) is 5.44. The van der Waals surface area contributed by atoms with Crippen molar-refractivity contribution in [3.05, 3.63) is 41.3 Å². The molecule has 4 rings (SSSR count). The summed E-state index contributed by atoms with van der Waals surface area (Å²) < 4.78 is 2.09. The predicted molar refractivity (Wildman–Crippen MR) is 105 cm³/mol. The maximum Gasteiger partial charge on any atom is 0.230 e. The lowest BCUT2D eigenvalue weighted by Crippen LogP contribution is -2.30. The number of carbonyl (C=O) groups excluding carboxylic acids is 2. The van der Waals surface area contributed by atoms with Gasteiger partial charge in [0.2, 0.25) is 11.8 Å². The Morgan fingerprint density at radius 3 is 3.00 bits per heavy atom. The average molecular weight is 366 g/mol. The molecule has 2 aromatic rings. The summed E-state index contributed by atoms with van der Waals surface area (Å²) in [4.78, 5) is 31.7. The number of hydrogen-bond donors (Lipinski definition) is 1. The van der Waals surface area contributed by atoms with Crippen LogP contribution in [0, 0.1) is 12.8 Å². The van der Waals surface area contributed by atoms with Gasteiger partial charge in [-0.3, -0.25) is 9.59 Å². The molecule has 1 atom stereocenters. The smallest absolute Gasteiger partial charge is 0.230 e. The molecule has 0 saturated carbocycles. The lowest BCUT2D eigenvalue weighted by Gasteiger charge is -2.22. The van der Waals surface area contributed by atoms with Crippen LogP contribution in [0.3, 0.4) is 0 Å². The summed E-state index contributed by atoms with van der Waals surface area (Å²) in [6, 6.07) is 6.10. The molecule has 0 unspecified atom stereocenters. The van der Waals surface area contributed by atoms with E-state index >= 15 is 0 Å². The molecule has 2 aliphatic rings. The topological polar surface area (TPSA) is 67.2 Å². The van der Waals surface area contributed by atoms with Crippen molar-refractivity contribution < 1.29 is 9.59 Å². The number of nitrogens with one attached hydrogen (secondary N) is 1. The second kappa shape index (κ2) is 7.18. The van der Waals surface area contributed by atoms with Gasteiger partial charge < -0.3 is 14.8 Å². The Labute approximate surface area is 159 Å². The number of imidazole rings is 1. The number of para-hydroxylation sites is 1. The van der Waals surface area contributed by atoms with Crippen LogP contribution in [0.1, 0.15) is 43.1 Å². The van der Waals surface area contributed by atoms with Crippen LogP contribution in [0.25, 0.3) is 0 Å². The predicted octanol–water partition coefficient (Wildman–Crippen LogP) is 3.08. The summed E-state index contributed by atoms with van der Waals surface area (Å²) in [6.07, 6.45) is 6.06. The molecule has 142 valence electrons. The van der Waals surface area contributed by atoms with E-state index in [-0.39, 0.29) is 24.2 Å². The van der Waals surface area contributed by atoms with Gasteiger partial charge in [-0.15, -0.1) is 0 Å². The second-order valence-corrected chi connectivity index (χ2v) is 7.50. The van der Waals surface area contributed by atoms with E-state index in [1.807, 2.05) is 19.1 Å². The van der Waals surface area contributed by atoms with E-state index in [4.69, 9.17) is 0 Å². The van der Waals surface area contributed by atoms with Crippen LogP contribution in [0.4, 0.5) is 11.5 Å². The van der Waals surface area contributed by atoms with Crippen molar-refractivity contribution in [3.8, 4) is 0 Å². The van der Waals surface area contributed by atoms with Crippen LogP contribution in [0.15, 0.2) is 24.4 Å². The SMILES string of the molecule is CCc1cccc(C)c1N1C[C@@H](C(=O)Nc2cnc3n2CCCC3)CC1=O. The molecule has 0 aliphatic carbocycles. The molecule has 1 aromatic carbocycles. The number of aryl methyl sites for hydroxylation is 3. The minimum atomic E-state index is -0.337. The van der Waals surface area contributed by atoms with E-state index in [0.717, 1.165) is 60.7 Å². The van der Waals surface area contributed by atoms with Crippen molar-refractivity contribution in [1.82, 2.24) is 9.55 Å². The van der Waals surface area contributed by atoms with Crippen molar-refractivity contribution in [1.29, 1.82) is 0 Å². The van der Waals surface area contributed by atoms with Gasteiger partial charge >= 0.3 is 0 Å². The van der Waals surface area contributed by atoms with Crippen molar-refractivity contribution in [2.75, 3.05) is 16.8 Å². The van der Waals surface area contributed by atoms with Crippen LogP contribution >= 0.6 is 0 Å². The molecule has 2 aliphatic heterocycles. The zero-order valence-electron chi connectivity index (χ0n) is 16.0. The van der Waals surface area contributed by atoms with Crippen molar-refractivity contribution in [3.63, 3.8) is 0 Å². The van der Waals surface area contributed by atoms with Crippen LogP contribution in [-0.4, -0.2) is 27.9 Å². The van der Waals surface area contributed by atoms with Crippen molar-refractivity contribution >= 4 is 23.3 Å². The van der Waals surface area contributed by atoms with Crippen LogP contribution in [-0.2, 0) is 29.0 Å². The first-order valence-corrected chi connectivity index (χ1v) is 9.82. The highest BCUT2D eigenvalue weighted by molar-refractivity contribution is 6.04. The highest BCUT2D eigenvalue weighted by atomic mass is 16.2. The first-order chi connectivity index (χ1) is 13.1. The van der Waals surface area contributed by atoms with Gasteiger partial charge in [0.1, 0.15) is 11.6 Å². The molecule has 6 heteroatoms. The van der Waals surface area contributed by atoms with Gasteiger partial charge in [-0.2, -0.15) is 0 Å². The van der Waals surface area contributed by atoms with E-state index in [9.17, 15) is 9.59 Å². The highest BCUT2D eigenvalue weighted by Crippen LogP contribution is 2.32. The minimum absolute atomic E-state index is 0.0227. The Kier molecular flexibility index (Phi) is 4.72. The number of rotatable bonds is 4. The fourth-order valence-electron chi connectivity index (χ4n) is 4.23. The minimum Gasteiger partial charge on any atom is -0.315 e. The van der Waals surface area contributed by atoms with Gasteiger partial charge in [0, 0.05) is 31.6 Å². The molecule has 3 heterocycles. The van der Waals surface area contributed by atoms with Crippen molar-refractivity contribution in [2.24, 2.45) is 5.92 Å². The Bertz CT molecular complexity index is 886. The van der Waals surface area contributed by atoms with Gasteiger partial charge in [0.05, 0.1) is 12.1 Å². The number of anilines is 2. The number of benzene rings is 1. The van der Waals surface area contributed by atoms with E-state index in [0.29, 0.717) is 6.54 Å². The summed E-state index contributed by atoms with van der Waals surface area (Å²) in [7, 11) is 0. The number of hydrogen-bond acceptors (Lipinski definition) is 3. The highest BCUT2D eigenvalue weighted by Gasteiger charge is 2.36. The number of aromatic nitrogens is 2. The molecule has 0 radical (unpaired) electrons. The van der Waals surface area contributed by atoms with Gasteiger partial charge in [-0.25, -0.2) is 4.98 Å². The molecule has 1 aromatic heterocycles. The Morgan fingerprint density at radius 1 is 1.33 bits per heavy atom. The summed E-state index contributed by atoms with van der Waals surface area (Å²) in [5.41, 5.74) is 3.20. The lowest BCUT2D eigenvalue weighted by molar-refractivity contribution is -0.122. The lowest BCUT2D eigenvalue weighted by atomic mass is 10.0. The number of nitrogens with zero attached hydrogens (tertiary/aromatic N) is 3. The molecular formula is C21H26N4O2. The van der Waals surface area contributed by atoms with Gasteiger partial charge in [0.15, 0.2) is 0 Å². The third kappa shape index (κ3) is 3.24. The van der Waals surface area contributed by atoms with Crippen LogP contribution < -0.4 is 10.2 Å². The van der Waals surface area contributed by atoms with Gasteiger partial charge in [-0.1, -0.05) is 25.1 Å². The molecule has 1 saturated heterocycles. The average Bonchev–Trinajstić information content (AvgIpc) is 3.25. The molecule has 2 amide bonds. The van der Waals surface area contributed by atoms with Gasteiger partial charge in [0.25, 0.3) is 0 Å². The number of fused-ring (bicyclic) bond motifs is 1. The third-order valence-electron chi connectivity index (χ3n) is 5.69. The largest absolute Gasteiger partial charge is 0.315 e. The molecule has 0 bridgehead atoms. The van der Waals surface area contributed by atoms with Gasteiger partial charge in [-0.05, 0) is 37.3 Å². The molecule has 0 spiro atoms. The zero-order chi connectivity index (χ0) is 19.0. The summed E-state index contributed by atoms with van der Waals surface area (Å²) in [5.74, 6) is 1.38.